The van der Waals surface area contributed by atoms with Crippen LogP contribution in [0, 0.1) is 5.92 Å². The number of benzene rings is 1. The fraction of sp³-hybridized carbons (Fsp3) is 0.600. The van der Waals surface area contributed by atoms with Gasteiger partial charge in [-0.05, 0) is 45.0 Å². The molecule has 0 aromatic heterocycles. The molecule has 0 bridgehead atoms. The van der Waals surface area contributed by atoms with Crippen molar-refractivity contribution in [1.82, 2.24) is 9.62 Å². The van der Waals surface area contributed by atoms with Crippen molar-refractivity contribution >= 4 is 38.1 Å². The number of halogens is 1. The molecular weight excluding hydrogens is 402 g/mol. The number of methoxy groups -OCH3 is 1. The van der Waals surface area contributed by atoms with Crippen LogP contribution >= 0.6 is 12.4 Å². The molecule has 0 amide bonds. The van der Waals surface area contributed by atoms with E-state index < -0.39 is 20.0 Å². The van der Waals surface area contributed by atoms with E-state index >= 15 is 0 Å². The topological polar surface area (TPSA) is 105 Å². The van der Waals surface area contributed by atoms with Gasteiger partial charge in [-0.15, -0.1) is 12.4 Å². The van der Waals surface area contributed by atoms with E-state index in [1.165, 1.54) is 36.5 Å². The number of nitrogens with one attached hydrogen (secondary N) is 2. The molecule has 1 saturated heterocycles. The molecule has 1 aromatic carbocycles. The van der Waals surface area contributed by atoms with Crippen LogP contribution in [0.3, 0.4) is 0 Å². The summed E-state index contributed by atoms with van der Waals surface area (Å²) in [7, 11) is -3.94. The van der Waals surface area contributed by atoms with Gasteiger partial charge in [-0.3, -0.25) is 4.72 Å². The molecule has 0 saturated carbocycles. The molecule has 2 rings (SSSR count). The zero-order valence-electron chi connectivity index (χ0n) is 15.1. The molecule has 1 aromatic rings. The molecule has 150 valence electrons. The smallest absolute Gasteiger partial charge is 0.246 e. The second-order valence-electron chi connectivity index (χ2n) is 5.95. The van der Waals surface area contributed by atoms with E-state index in [1.54, 1.807) is 0 Å². The third kappa shape index (κ3) is 5.23. The van der Waals surface area contributed by atoms with Crippen molar-refractivity contribution in [2.75, 3.05) is 44.3 Å². The van der Waals surface area contributed by atoms with Crippen LogP contribution in [0.1, 0.15) is 13.3 Å². The normalized spacial score (nSPS) is 18.3. The van der Waals surface area contributed by atoms with Crippen molar-refractivity contribution in [3.63, 3.8) is 0 Å². The molecule has 0 spiro atoms. The van der Waals surface area contributed by atoms with Crippen LogP contribution in [0.5, 0.6) is 5.75 Å². The van der Waals surface area contributed by atoms with E-state index in [1.807, 2.05) is 7.05 Å². The second-order valence-corrected chi connectivity index (χ2v) is 9.86. The van der Waals surface area contributed by atoms with Gasteiger partial charge in [0.2, 0.25) is 20.0 Å². The monoisotopic (exact) mass is 427 g/mol. The third-order valence-electron chi connectivity index (χ3n) is 4.18. The summed E-state index contributed by atoms with van der Waals surface area (Å²) in [6.45, 7) is 3.20. The molecule has 2 N–H and O–H groups in total. The third-order valence-corrected chi connectivity index (χ3v) is 7.39. The molecule has 26 heavy (non-hydrogen) atoms. The molecule has 1 aliphatic rings. The predicted octanol–water partition coefficient (Wildman–Crippen LogP) is 1.11. The standard InChI is InChI=1S/C15H25N3O5S2.ClH/c1-4-24(19,20)17-13-5-6-15(14(9-13)23-3)25(21,22)18-8-7-12(11-18)10-16-2;/h5-6,9,12,16-17H,4,7-8,10-11H2,1-3H3;1H. The summed E-state index contributed by atoms with van der Waals surface area (Å²) < 4.78 is 58.2. The number of ether oxygens (including phenoxy) is 1. The van der Waals surface area contributed by atoms with Crippen LogP contribution < -0.4 is 14.8 Å². The lowest BCUT2D eigenvalue weighted by molar-refractivity contribution is 0.397. The Kier molecular flexibility index (Phi) is 8.15. The van der Waals surface area contributed by atoms with E-state index in [2.05, 4.69) is 10.0 Å². The fourth-order valence-corrected chi connectivity index (χ4v) is 5.10. The summed E-state index contributed by atoms with van der Waals surface area (Å²) in [5, 5.41) is 3.07. The largest absolute Gasteiger partial charge is 0.495 e. The summed E-state index contributed by atoms with van der Waals surface area (Å²) in [5.74, 6) is 0.325. The lowest BCUT2D eigenvalue weighted by atomic mass is 10.1. The maximum Gasteiger partial charge on any atom is 0.246 e. The van der Waals surface area contributed by atoms with Crippen LogP contribution in [0.4, 0.5) is 5.69 Å². The first kappa shape index (κ1) is 23.0. The first-order valence-electron chi connectivity index (χ1n) is 8.06. The maximum absolute atomic E-state index is 12.9. The van der Waals surface area contributed by atoms with Gasteiger partial charge in [-0.1, -0.05) is 0 Å². The highest BCUT2D eigenvalue weighted by Gasteiger charge is 2.34. The molecule has 0 radical (unpaired) electrons. The molecule has 1 fully saturated rings. The summed E-state index contributed by atoms with van der Waals surface area (Å²) in [5.41, 5.74) is 0.270. The van der Waals surface area contributed by atoms with Crippen molar-refractivity contribution in [3.05, 3.63) is 18.2 Å². The predicted molar refractivity (Wildman–Crippen MR) is 104 cm³/mol. The highest BCUT2D eigenvalue weighted by molar-refractivity contribution is 7.92. The SMILES string of the molecule is CCS(=O)(=O)Nc1ccc(S(=O)(=O)N2CCC(CNC)C2)c(OC)c1.Cl. The number of sulfonamides is 2. The Morgan fingerprint density at radius 3 is 2.54 bits per heavy atom. The van der Waals surface area contributed by atoms with Gasteiger partial charge in [0.1, 0.15) is 10.6 Å². The minimum atomic E-state index is -3.70. The summed E-state index contributed by atoms with van der Waals surface area (Å²) in [6, 6.07) is 4.21. The lowest BCUT2D eigenvalue weighted by Crippen LogP contribution is -2.30. The number of anilines is 1. The molecule has 11 heteroatoms. The van der Waals surface area contributed by atoms with Crippen LogP contribution in [-0.2, 0) is 20.0 Å². The Morgan fingerprint density at radius 1 is 1.27 bits per heavy atom. The highest BCUT2D eigenvalue weighted by Crippen LogP contribution is 2.32. The lowest BCUT2D eigenvalue weighted by Gasteiger charge is -2.19. The number of hydrogen-bond acceptors (Lipinski definition) is 6. The average Bonchev–Trinajstić information content (AvgIpc) is 3.04. The fourth-order valence-electron chi connectivity index (χ4n) is 2.81. The van der Waals surface area contributed by atoms with Crippen molar-refractivity contribution in [2.45, 2.75) is 18.2 Å². The van der Waals surface area contributed by atoms with Crippen LogP contribution in [0.2, 0.25) is 0 Å². The summed E-state index contributed by atoms with van der Waals surface area (Å²) in [6.07, 6.45) is 0.802. The van der Waals surface area contributed by atoms with Crippen LogP contribution in [0.25, 0.3) is 0 Å². The van der Waals surface area contributed by atoms with Crippen LogP contribution in [0.15, 0.2) is 23.1 Å². The highest BCUT2D eigenvalue weighted by atomic mass is 35.5. The van der Waals surface area contributed by atoms with Gasteiger partial charge >= 0.3 is 0 Å². The second kappa shape index (κ2) is 9.23. The van der Waals surface area contributed by atoms with E-state index in [0.717, 1.165) is 13.0 Å². The van der Waals surface area contributed by atoms with Crippen LogP contribution in [-0.4, -0.2) is 60.7 Å². The Balaban J connectivity index is 0.00000338. The molecule has 0 aliphatic carbocycles. The zero-order chi connectivity index (χ0) is 18.7. The van der Waals surface area contributed by atoms with Gasteiger partial charge in [0, 0.05) is 19.2 Å². The van der Waals surface area contributed by atoms with E-state index in [0.29, 0.717) is 13.1 Å². The van der Waals surface area contributed by atoms with Gasteiger partial charge in [0.15, 0.2) is 0 Å². The Labute approximate surface area is 161 Å². The minimum absolute atomic E-state index is 0. The molecule has 1 heterocycles. The van der Waals surface area contributed by atoms with Crippen molar-refractivity contribution in [2.24, 2.45) is 5.92 Å². The first-order chi connectivity index (χ1) is 11.7. The van der Waals surface area contributed by atoms with E-state index in [9.17, 15) is 16.8 Å². The quantitative estimate of drug-likeness (QED) is 0.643. The summed E-state index contributed by atoms with van der Waals surface area (Å²) in [4.78, 5) is 0.0413. The Bertz CT molecular complexity index is 815. The molecule has 8 nitrogen and oxygen atoms in total. The van der Waals surface area contributed by atoms with Crippen molar-refractivity contribution in [3.8, 4) is 5.75 Å². The molecule has 1 aliphatic heterocycles. The van der Waals surface area contributed by atoms with Crippen molar-refractivity contribution in [1.29, 1.82) is 0 Å². The van der Waals surface area contributed by atoms with E-state index in [-0.39, 0.29) is 40.4 Å². The first-order valence-corrected chi connectivity index (χ1v) is 11.2. The zero-order valence-corrected chi connectivity index (χ0v) is 17.5. The van der Waals surface area contributed by atoms with Gasteiger partial charge < -0.3 is 10.1 Å². The number of nitrogens with zero attached hydrogens (tertiary/aromatic N) is 1. The Morgan fingerprint density at radius 2 is 1.96 bits per heavy atom. The maximum atomic E-state index is 12.9. The Hall–Kier alpha value is -1.07. The number of rotatable bonds is 8. The van der Waals surface area contributed by atoms with Gasteiger partial charge in [0.05, 0.1) is 18.6 Å². The molecule has 1 unspecified atom stereocenters. The molecular formula is C15H26ClN3O5S2. The number of hydrogen-bond donors (Lipinski definition) is 2. The summed E-state index contributed by atoms with van der Waals surface area (Å²) >= 11 is 0. The van der Waals surface area contributed by atoms with E-state index in [4.69, 9.17) is 4.74 Å². The van der Waals surface area contributed by atoms with Crippen molar-refractivity contribution < 1.29 is 21.6 Å². The van der Waals surface area contributed by atoms with Gasteiger partial charge in [-0.2, -0.15) is 4.31 Å². The van der Waals surface area contributed by atoms with Gasteiger partial charge in [-0.25, -0.2) is 16.8 Å². The molecule has 1 atom stereocenters. The minimum Gasteiger partial charge on any atom is -0.495 e. The average molecular weight is 428 g/mol. The van der Waals surface area contributed by atoms with Gasteiger partial charge in [0.25, 0.3) is 0 Å².